The van der Waals surface area contributed by atoms with Crippen molar-refractivity contribution in [2.45, 2.75) is 70.4 Å². The van der Waals surface area contributed by atoms with Crippen LogP contribution in [0.1, 0.15) is 85.9 Å². The van der Waals surface area contributed by atoms with Gasteiger partial charge in [0.1, 0.15) is 16.9 Å². The number of hydrogen-bond acceptors (Lipinski definition) is 6. The minimum atomic E-state index is -1.38. The van der Waals surface area contributed by atoms with E-state index in [-0.39, 0.29) is 29.6 Å². The number of carboxylic acid groups (broad SMARTS) is 1. The second-order valence-electron chi connectivity index (χ2n) is 10.7. The molecular formula is C27H32N4O3S. The first-order valence-corrected chi connectivity index (χ1v) is 12.7. The Balaban J connectivity index is 1.89. The summed E-state index contributed by atoms with van der Waals surface area (Å²) in [5, 5.41) is 13.2. The van der Waals surface area contributed by atoms with Gasteiger partial charge < -0.3 is 10.0 Å². The number of hydrogen-bond donors (Lipinski definition) is 1. The lowest BCUT2D eigenvalue weighted by Gasteiger charge is -2.38. The Bertz CT molecular complexity index is 1170. The fourth-order valence-corrected chi connectivity index (χ4v) is 5.98. The van der Waals surface area contributed by atoms with Gasteiger partial charge in [-0.2, -0.15) is 0 Å². The number of nitrogens with zero attached hydrogens (tertiary/aromatic N) is 4. The molecule has 8 heteroatoms. The van der Waals surface area contributed by atoms with Crippen LogP contribution in [0, 0.1) is 5.92 Å². The molecule has 1 saturated heterocycles. The summed E-state index contributed by atoms with van der Waals surface area (Å²) in [4.78, 5) is 41.7. The molecule has 3 aromatic rings. The largest absolute Gasteiger partial charge is 0.479 e. The molecule has 184 valence electrons. The Morgan fingerprint density at radius 3 is 2.34 bits per heavy atom. The number of benzene rings is 1. The van der Waals surface area contributed by atoms with Crippen molar-refractivity contribution < 1.29 is 14.7 Å². The van der Waals surface area contributed by atoms with E-state index in [2.05, 4.69) is 35.7 Å². The highest BCUT2D eigenvalue weighted by Crippen LogP contribution is 2.54. The monoisotopic (exact) mass is 492 g/mol. The molecule has 1 N–H and O–H groups in total. The number of carbonyl (C=O) groups is 2. The zero-order chi connectivity index (χ0) is 25.4. The van der Waals surface area contributed by atoms with Gasteiger partial charge in [0.15, 0.2) is 0 Å². The van der Waals surface area contributed by atoms with Crippen molar-refractivity contribution in [2.24, 2.45) is 5.92 Å². The van der Waals surface area contributed by atoms with Gasteiger partial charge in [0.05, 0.1) is 6.04 Å². The molecular weight excluding hydrogens is 460 g/mol. The van der Waals surface area contributed by atoms with Gasteiger partial charge >= 0.3 is 5.97 Å². The van der Waals surface area contributed by atoms with Crippen molar-refractivity contribution >= 4 is 23.2 Å². The van der Waals surface area contributed by atoms with Crippen LogP contribution in [0.4, 0.5) is 0 Å². The molecule has 0 saturated carbocycles. The summed E-state index contributed by atoms with van der Waals surface area (Å²) in [6, 6.07) is 6.99. The lowest BCUT2D eigenvalue weighted by molar-refractivity contribution is -0.150. The number of carboxylic acids is 1. The molecule has 7 nitrogen and oxygen atoms in total. The molecule has 2 aromatic heterocycles. The van der Waals surface area contributed by atoms with Gasteiger partial charge in [0, 0.05) is 35.5 Å². The number of thiazole rings is 1. The first-order chi connectivity index (χ1) is 16.5. The Hall–Kier alpha value is -3.13. The van der Waals surface area contributed by atoms with Gasteiger partial charge in [-0.15, -0.1) is 11.3 Å². The van der Waals surface area contributed by atoms with E-state index in [4.69, 9.17) is 0 Å². The van der Waals surface area contributed by atoms with Crippen LogP contribution < -0.4 is 0 Å². The van der Waals surface area contributed by atoms with Crippen LogP contribution in [0.15, 0.2) is 54.6 Å². The van der Waals surface area contributed by atoms with E-state index in [1.54, 1.807) is 23.5 Å². The zero-order valence-electron chi connectivity index (χ0n) is 20.8. The minimum Gasteiger partial charge on any atom is -0.479 e. The van der Waals surface area contributed by atoms with Crippen molar-refractivity contribution in [3.05, 3.63) is 76.3 Å². The second-order valence-corrected chi connectivity index (χ2v) is 11.7. The maximum Gasteiger partial charge on any atom is 0.329 e. The highest BCUT2D eigenvalue weighted by Gasteiger charge is 2.60. The van der Waals surface area contributed by atoms with Gasteiger partial charge in [-0.25, -0.2) is 19.7 Å². The molecule has 4 rings (SSSR count). The van der Waals surface area contributed by atoms with Crippen LogP contribution >= 0.6 is 11.3 Å². The van der Waals surface area contributed by atoms with Gasteiger partial charge in [-0.05, 0) is 47.4 Å². The van der Waals surface area contributed by atoms with E-state index >= 15 is 0 Å². The molecule has 1 aromatic carbocycles. The first-order valence-electron chi connectivity index (χ1n) is 11.9. The minimum absolute atomic E-state index is 0.0560. The van der Waals surface area contributed by atoms with Gasteiger partial charge in [0.2, 0.25) is 0 Å². The highest BCUT2D eigenvalue weighted by atomic mass is 32.1. The average molecular weight is 493 g/mol. The smallest absolute Gasteiger partial charge is 0.329 e. The molecule has 3 heterocycles. The van der Waals surface area contributed by atoms with Crippen molar-refractivity contribution in [1.82, 2.24) is 19.9 Å². The molecule has 1 amide bonds. The van der Waals surface area contributed by atoms with Crippen LogP contribution in [0.5, 0.6) is 0 Å². The molecule has 1 fully saturated rings. The summed E-state index contributed by atoms with van der Waals surface area (Å²) in [7, 11) is 0. The molecule has 3 atom stereocenters. The van der Waals surface area contributed by atoms with E-state index in [0.717, 1.165) is 11.1 Å². The Kier molecular flexibility index (Phi) is 6.77. The number of aromatic nitrogens is 3. The van der Waals surface area contributed by atoms with Crippen LogP contribution in [-0.4, -0.2) is 42.4 Å². The Morgan fingerprint density at radius 2 is 1.83 bits per heavy atom. The molecule has 1 aliphatic heterocycles. The Morgan fingerprint density at radius 1 is 1.17 bits per heavy atom. The van der Waals surface area contributed by atoms with E-state index in [1.807, 2.05) is 43.5 Å². The molecule has 1 aliphatic rings. The summed E-state index contributed by atoms with van der Waals surface area (Å²) < 4.78 is 0. The normalized spacial score (nSPS) is 22.5. The van der Waals surface area contributed by atoms with E-state index in [9.17, 15) is 14.7 Å². The predicted molar refractivity (Wildman–Crippen MR) is 135 cm³/mol. The third-order valence-electron chi connectivity index (χ3n) is 6.75. The number of amides is 1. The summed E-state index contributed by atoms with van der Waals surface area (Å²) in [5.41, 5.74) is 0.946. The Labute approximate surface area is 210 Å². The van der Waals surface area contributed by atoms with E-state index in [0.29, 0.717) is 17.0 Å². The molecule has 0 bridgehead atoms. The van der Waals surface area contributed by atoms with Crippen molar-refractivity contribution in [1.29, 1.82) is 0 Å². The predicted octanol–water partition coefficient (Wildman–Crippen LogP) is 5.47. The SMILES string of the molecule is CC(C)C[C@@]1(C(=O)O)C[C@H](c2cncnc2)[C@H](c2nccs2)N1C(=O)c1ccc(C(C)(C)C)cc1. The van der Waals surface area contributed by atoms with Crippen LogP contribution in [0.2, 0.25) is 0 Å². The third-order valence-corrected chi connectivity index (χ3v) is 7.60. The lowest BCUT2D eigenvalue weighted by atomic mass is 9.82. The number of carbonyl (C=O) groups excluding carboxylic acids is 1. The van der Waals surface area contributed by atoms with Gasteiger partial charge in [0.25, 0.3) is 5.91 Å². The van der Waals surface area contributed by atoms with E-state index < -0.39 is 17.6 Å². The van der Waals surface area contributed by atoms with Crippen molar-refractivity contribution in [2.75, 3.05) is 0 Å². The van der Waals surface area contributed by atoms with Crippen LogP contribution in [0.3, 0.4) is 0 Å². The maximum atomic E-state index is 14.2. The van der Waals surface area contributed by atoms with Crippen molar-refractivity contribution in [3.63, 3.8) is 0 Å². The first kappa shape index (κ1) is 25.0. The fourth-order valence-electron chi connectivity index (χ4n) is 5.19. The van der Waals surface area contributed by atoms with Crippen molar-refractivity contribution in [3.8, 4) is 0 Å². The topological polar surface area (TPSA) is 96.3 Å². The quantitative estimate of drug-likeness (QED) is 0.490. The fraction of sp³-hybridized carbons (Fsp3) is 0.444. The van der Waals surface area contributed by atoms with E-state index in [1.165, 1.54) is 17.7 Å². The van der Waals surface area contributed by atoms with Gasteiger partial charge in [-0.3, -0.25) is 4.79 Å². The highest BCUT2D eigenvalue weighted by molar-refractivity contribution is 7.09. The third kappa shape index (κ3) is 4.72. The average Bonchev–Trinajstić information content (AvgIpc) is 3.45. The second kappa shape index (κ2) is 9.49. The molecule has 0 unspecified atom stereocenters. The molecule has 0 spiro atoms. The summed E-state index contributed by atoms with van der Waals surface area (Å²) >= 11 is 1.43. The lowest BCUT2D eigenvalue weighted by Crippen LogP contribution is -2.54. The molecule has 0 radical (unpaired) electrons. The number of aliphatic carboxylic acids is 1. The van der Waals surface area contributed by atoms with Crippen LogP contribution in [0.25, 0.3) is 0 Å². The number of rotatable bonds is 6. The summed E-state index contributed by atoms with van der Waals surface area (Å²) in [5.74, 6) is -1.53. The van der Waals surface area contributed by atoms with Gasteiger partial charge in [-0.1, -0.05) is 46.8 Å². The summed E-state index contributed by atoms with van der Waals surface area (Å²) in [6.07, 6.45) is 7.18. The zero-order valence-corrected chi connectivity index (χ0v) is 21.6. The number of likely N-dealkylation sites (tertiary alicyclic amines) is 1. The summed E-state index contributed by atoms with van der Waals surface area (Å²) in [6.45, 7) is 10.3. The van der Waals surface area contributed by atoms with Crippen LogP contribution in [-0.2, 0) is 10.2 Å². The molecule has 35 heavy (non-hydrogen) atoms. The standard InChI is InChI=1S/C27H32N4O3S/c1-17(2)12-27(25(33)34)13-21(19-14-28-16-29-15-19)22(23-30-10-11-35-23)31(27)24(32)18-6-8-20(9-7-18)26(3,4)5/h6-11,14-17,21-22H,12-13H2,1-5H3,(H,33,34)/t21-,22-,27+/m1/s1. The molecule has 0 aliphatic carbocycles. The maximum absolute atomic E-state index is 14.2.